The number of aromatic nitrogens is 2. The zero-order valence-electron chi connectivity index (χ0n) is 19.7. The Kier molecular flexibility index (Phi) is 6.53. The van der Waals surface area contributed by atoms with Gasteiger partial charge in [0.15, 0.2) is 0 Å². The summed E-state index contributed by atoms with van der Waals surface area (Å²) in [4.78, 5) is 32.4. The Bertz CT molecular complexity index is 951. The molecule has 2 aromatic rings. The Labute approximate surface area is 190 Å². The summed E-state index contributed by atoms with van der Waals surface area (Å²) < 4.78 is 0. The Morgan fingerprint density at radius 2 is 1.72 bits per heavy atom. The van der Waals surface area contributed by atoms with E-state index < -0.39 is 0 Å². The van der Waals surface area contributed by atoms with Crippen molar-refractivity contribution < 1.29 is 9.59 Å². The van der Waals surface area contributed by atoms with Crippen LogP contribution in [-0.4, -0.2) is 71.1 Å². The maximum absolute atomic E-state index is 13.4. The van der Waals surface area contributed by atoms with Crippen LogP contribution in [0, 0.1) is 0 Å². The van der Waals surface area contributed by atoms with E-state index in [-0.39, 0.29) is 29.8 Å². The van der Waals surface area contributed by atoms with Gasteiger partial charge in [0.2, 0.25) is 0 Å². The lowest BCUT2D eigenvalue weighted by molar-refractivity contribution is 0.0507. The minimum atomic E-state index is 0.0732. The Balaban J connectivity index is 1.43. The van der Waals surface area contributed by atoms with E-state index in [2.05, 4.69) is 24.0 Å². The van der Waals surface area contributed by atoms with E-state index >= 15 is 0 Å². The molecule has 1 aromatic carbocycles. The number of H-pyrrole nitrogens is 1. The van der Waals surface area contributed by atoms with Gasteiger partial charge in [-0.3, -0.25) is 14.7 Å². The summed E-state index contributed by atoms with van der Waals surface area (Å²) >= 11 is 0. The third-order valence-electron chi connectivity index (χ3n) is 7.13. The molecule has 2 aliphatic heterocycles. The third-order valence-corrected chi connectivity index (χ3v) is 7.13. The summed E-state index contributed by atoms with van der Waals surface area (Å²) in [5.41, 5.74) is 3.38. The highest BCUT2D eigenvalue weighted by Crippen LogP contribution is 2.32. The molecule has 0 saturated carbocycles. The first-order valence-corrected chi connectivity index (χ1v) is 11.8. The highest BCUT2D eigenvalue weighted by Gasteiger charge is 2.34. The number of nitrogens with zero attached hydrogens (tertiary/aromatic N) is 4. The lowest BCUT2D eigenvalue weighted by atomic mass is 9.89. The lowest BCUT2D eigenvalue weighted by Gasteiger charge is -2.39. The smallest absolute Gasteiger partial charge is 0.257 e. The molecule has 1 N–H and O–H groups in total. The van der Waals surface area contributed by atoms with Gasteiger partial charge in [0.25, 0.3) is 11.8 Å². The molecule has 0 radical (unpaired) electrons. The molecular formula is C25H35N5O2. The zero-order chi connectivity index (χ0) is 22.8. The fraction of sp³-hybridized carbons (Fsp3) is 0.560. The van der Waals surface area contributed by atoms with Crippen LogP contribution in [0.15, 0.2) is 30.5 Å². The number of carbonyl (C=O) groups excluding carboxylic acids is 2. The predicted molar refractivity (Wildman–Crippen MR) is 126 cm³/mol. The molecule has 7 nitrogen and oxygen atoms in total. The highest BCUT2D eigenvalue weighted by atomic mass is 16.2. The van der Waals surface area contributed by atoms with Crippen molar-refractivity contribution in [2.75, 3.05) is 32.1 Å². The second kappa shape index (κ2) is 9.35. The van der Waals surface area contributed by atoms with Gasteiger partial charge in [-0.25, -0.2) is 0 Å². The van der Waals surface area contributed by atoms with Crippen LogP contribution in [-0.2, 0) is 0 Å². The molecule has 2 aliphatic rings. The molecule has 0 spiro atoms. The molecule has 1 aromatic heterocycles. The molecule has 2 atom stereocenters. The summed E-state index contributed by atoms with van der Waals surface area (Å²) in [6.07, 6.45) is 6.63. The fourth-order valence-corrected chi connectivity index (χ4v) is 5.21. The SMILES string of the molecule is C[C@@H]1CCC[C@H](C)N1C(=O)c1cn[nH]c1C1CCN(C(=O)c2cccc(N(C)C)c2)CC1. The van der Waals surface area contributed by atoms with Crippen molar-refractivity contribution in [1.29, 1.82) is 0 Å². The minimum absolute atomic E-state index is 0.0732. The molecule has 0 unspecified atom stereocenters. The minimum Gasteiger partial charge on any atom is -0.378 e. The van der Waals surface area contributed by atoms with E-state index in [1.165, 1.54) is 6.42 Å². The fourth-order valence-electron chi connectivity index (χ4n) is 5.21. The molecule has 32 heavy (non-hydrogen) atoms. The molecule has 4 rings (SSSR count). The quantitative estimate of drug-likeness (QED) is 0.787. The van der Waals surface area contributed by atoms with Crippen LogP contribution >= 0.6 is 0 Å². The maximum Gasteiger partial charge on any atom is 0.257 e. The van der Waals surface area contributed by atoms with Crippen molar-refractivity contribution >= 4 is 17.5 Å². The first-order valence-electron chi connectivity index (χ1n) is 11.8. The Morgan fingerprint density at radius 1 is 1.03 bits per heavy atom. The van der Waals surface area contributed by atoms with Crippen molar-refractivity contribution in [2.24, 2.45) is 0 Å². The summed E-state index contributed by atoms with van der Waals surface area (Å²) in [6.45, 7) is 5.64. The third kappa shape index (κ3) is 4.38. The van der Waals surface area contributed by atoms with Gasteiger partial charge in [-0.05, 0) is 64.2 Å². The number of hydrogen-bond acceptors (Lipinski definition) is 4. The summed E-state index contributed by atoms with van der Waals surface area (Å²) in [7, 11) is 3.95. The van der Waals surface area contributed by atoms with Gasteiger partial charge in [0, 0.05) is 56.4 Å². The van der Waals surface area contributed by atoms with Gasteiger partial charge in [-0.2, -0.15) is 5.10 Å². The van der Waals surface area contributed by atoms with Crippen molar-refractivity contribution in [3.05, 3.63) is 47.3 Å². The topological polar surface area (TPSA) is 72.5 Å². The first-order chi connectivity index (χ1) is 15.4. The van der Waals surface area contributed by atoms with Crippen molar-refractivity contribution in [3.63, 3.8) is 0 Å². The lowest BCUT2D eigenvalue weighted by Crippen LogP contribution is -2.47. The van der Waals surface area contributed by atoms with Crippen LogP contribution in [0.25, 0.3) is 0 Å². The zero-order valence-corrected chi connectivity index (χ0v) is 19.7. The van der Waals surface area contributed by atoms with Crippen LogP contribution in [0.2, 0.25) is 0 Å². The molecule has 2 saturated heterocycles. The number of benzene rings is 1. The molecule has 3 heterocycles. The number of hydrogen-bond donors (Lipinski definition) is 1. The number of anilines is 1. The van der Waals surface area contributed by atoms with Crippen LogP contribution in [0.1, 0.15) is 78.3 Å². The molecule has 2 amide bonds. The molecule has 0 bridgehead atoms. The van der Waals surface area contributed by atoms with Gasteiger partial charge < -0.3 is 14.7 Å². The average Bonchev–Trinajstić information content (AvgIpc) is 3.28. The number of carbonyl (C=O) groups is 2. The van der Waals surface area contributed by atoms with Gasteiger partial charge in [0.05, 0.1) is 17.5 Å². The number of aromatic amines is 1. The second-order valence-electron chi connectivity index (χ2n) is 9.55. The second-order valence-corrected chi connectivity index (χ2v) is 9.55. The Hall–Kier alpha value is -2.83. The molecule has 172 valence electrons. The van der Waals surface area contributed by atoms with Crippen LogP contribution in [0.5, 0.6) is 0 Å². The van der Waals surface area contributed by atoms with E-state index in [9.17, 15) is 9.59 Å². The molecule has 7 heteroatoms. The standard InChI is InChI=1S/C25H35N5O2/c1-17-7-5-8-18(2)30(17)25(32)22-16-26-27-23(22)19-11-13-29(14-12-19)24(31)20-9-6-10-21(15-20)28(3)4/h6,9-10,15-19H,5,7-8,11-14H2,1-4H3,(H,26,27)/t17-,18+. The van der Waals surface area contributed by atoms with E-state index in [1.54, 1.807) is 6.20 Å². The van der Waals surface area contributed by atoms with Crippen LogP contribution < -0.4 is 4.90 Å². The first kappa shape index (κ1) is 22.4. The largest absolute Gasteiger partial charge is 0.378 e. The van der Waals surface area contributed by atoms with Crippen molar-refractivity contribution in [2.45, 2.75) is 64.0 Å². The molecule has 0 aliphatic carbocycles. The average molecular weight is 438 g/mol. The van der Waals surface area contributed by atoms with E-state index in [1.807, 2.05) is 53.1 Å². The molecule has 2 fully saturated rings. The number of piperidine rings is 2. The summed E-state index contributed by atoms with van der Waals surface area (Å²) in [5.74, 6) is 0.375. The van der Waals surface area contributed by atoms with E-state index in [0.29, 0.717) is 18.7 Å². The maximum atomic E-state index is 13.4. The van der Waals surface area contributed by atoms with E-state index in [4.69, 9.17) is 0 Å². The van der Waals surface area contributed by atoms with E-state index in [0.717, 1.165) is 42.6 Å². The highest BCUT2D eigenvalue weighted by molar-refractivity contribution is 5.96. The number of rotatable bonds is 4. The van der Waals surface area contributed by atoms with Crippen molar-refractivity contribution in [1.82, 2.24) is 20.0 Å². The molecular weight excluding hydrogens is 402 g/mol. The van der Waals surface area contributed by atoms with Crippen LogP contribution in [0.4, 0.5) is 5.69 Å². The number of nitrogens with one attached hydrogen (secondary N) is 1. The van der Waals surface area contributed by atoms with Gasteiger partial charge >= 0.3 is 0 Å². The summed E-state index contributed by atoms with van der Waals surface area (Å²) in [5, 5.41) is 7.35. The monoisotopic (exact) mass is 437 g/mol. The number of likely N-dealkylation sites (tertiary alicyclic amines) is 2. The van der Waals surface area contributed by atoms with Crippen LogP contribution in [0.3, 0.4) is 0 Å². The van der Waals surface area contributed by atoms with Gasteiger partial charge in [-0.15, -0.1) is 0 Å². The predicted octanol–water partition coefficient (Wildman–Crippen LogP) is 3.90. The van der Waals surface area contributed by atoms with Gasteiger partial charge in [-0.1, -0.05) is 6.07 Å². The number of amides is 2. The summed E-state index contributed by atoms with van der Waals surface area (Å²) in [6, 6.07) is 8.28. The Morgan fingerprint density at radius 3 is 2.38 bits per heavy atom. The van der Waals surface area contributed by atoms with Gasteiger partial charge in [0.1, 0.15) is 0 Å². The van der Waals surface area contributed by atoms with Crippen molar-refractivity contribution in [3.8, 4) is 0 Å². The normalized spacial score (nSPS) is 22.1.